The van der Waals surface area contributed by atoms with Gasteiger partial charge in [-0.2, -0.15) is 0 Å². The maximum absolute atomic E-state index is 11.9. The van der Waals surface area contributed by atoms with Crippen LogP contribution in [-0.2, 0) is 0 Å². The van der Waals surface area contributed by atoms with Crippen LogP contribution in [0.1, 0.15) is 29.8 Å². The molecular formula is C13H20N2O2. The van der Waals surface area contributed by atoms with E-state index < -0.39 is 0 Å². The number of aliphatic hydroxyl groups is 1. The Bertz CT molecular complexity index is 404. The van der Waals surface area contributed by atoms with E-state index in [2.05, 4.69) is 5.32 Å². The topological polar surface area (TPSA) is 75.3 Å². The average Bonchev–Trinajstić information content (AvgIpc) is 2.31. The fourth-order valence-electron chi connectivity index (χ4n) is 1.41. The third-order valence-corrected chi connectivity index (χ3v) is 3.03. The molecule has 4 nitrogen and oxygen atoms in total. The molecule has 1 amide bonds. The van der Waals surface area contributed by atoms with E-state index in [9.17, 15) is 4.79 Å². The SMILES string of the molecule is Cc1cc(C(=O)NC(C)C(C)CO)ccc1N. The number of aryl methyl sites for hydroxylation is 1. The van der Waals surface area contributed by atoms with Crippen molar-refractivity contribution in [1.29, 1.82) is 0 Å². The molecule has 0 spiro atoms. The smallest absolute Gasteiger partial charge is 0.251 e. The van der Waals surface area contributed by atoms with E-state index in [4.69, 9.17) is 10.8 Å². The molecule has 4 N–H and O–H groups in total. The van der Waals surface area contributed by atoms with Crippen molar-refractivity contribution >= 4 is 11.6 Å². The van der Waals surface area contributed by atoms with Gasteiger partial charge < -0.3 is 16.2 Å². The van der Waals surface area contributed by atoms with Crippen LogP contribution in [0.5, 0.6) is 0 Å². The van der Waals surface area contributed by atoms with Crippen molar-refractivity contribution in [1.82, 2.24) is 5.32 Å². The zero-order chi connectivity index (χ0) is 13.0. The molecule has 1 aromatic rings. The first-order valence-electron chi connectivity index (χ1n) is 5.73. The Morgan fingerprint density at radius 3 is 2.65 bits per heavy atom. The normalized spacial score (nSPS) is 14.1. The van der Waals surface area contributed by atoms with Crippen LogP contribution >= 0.6 is 0 Å². The molecule has 0 radical (unpaired) electrons. The lowest BCUT2D eigenvalue weighted by Gasteiger charge is -2.19. The van der Waals surface area contributed by atoms with Crippen LogP contribution in [0.15, 0.2) is 18.2 Å². The van der Waals surface area contributed by atoms with E-state index in [0.717, 1.165) is 5.56 Å². The Balaban J connectivity index is 2.73. The number of nitrogens with one attached hydrogen (secondary N) is 1. The highest BCUT2D eigenvalue weighted by molar-refractivity contribution is 5.95. The Kier molecular flexibility index (Phi) is 4.52. The van der Waals surface area contributed by atoms with Gasteiger partial charge in [-0.1, -0.05) is 6.92 Å². The number of rotatable bonds is 4. The van der Waals surface area contributed by atoms with E-state index >= 15 is 0 Å². The maximum Gasteiger partial charge on any atom is 0.251 e. The highest BCUT2D eigenvalue weighted by Gasteiger charge is 2.15. The quantitative estimate of drug-likeness (QED) is 0.690. The second-order valence-electron chi connectivity index (χ2n) is 4.49. The molecule has 4 heteroatoms. The van der Waals surface area contributed by atoms with E-state index in [1.165, 1.54) is 0 Å². The zero-order valence-corrected chi connectivity index (χ0v) is 10.5. The zero-order valence-electron chi connectivity index (χ0n) is 10.5. The fourth-order valence-corrected chi connectivity index (χ4v) is 1.41. The molecular weight excluding hydrogens is 216 g/mol. The van der Waals surface area contributed by atoms with Gasteiger partial charge in [-0.15, -0.1) is 0 Å². The lowest BCUT2D eigenvalue weighted by atomic mass is 10.0. The predicted molar refractivity (Wildman–Crippen MR) is 68.8 cm³/mol. The molecule has 0 saturated carbocycles. The second kappa shape index (κ2) is 5.68. The number of nitrogens with two attached hydrogens (primary N) is 1. The largest absolute Gasteiger partial charge is 0.399 e. The third kappa shape index (κ3) is 3.46. The molecule has 0 fully saturated rings. The molecule has 0 bridgehead atoms. The van der Waals surface area contributed by atoms with Gasteiger partial charge in [-0.3, -0.25) is 4.79 Å². The van der Waals surface area contributed by atoms with Crippen molar-refractivity contribution in [2.45, 2.75) is 26.8 Å². The third-order valence-electron chi connectivity index (χ3n) is 3.03. The van der Waals surface area contributed by atoms with Crippen molar-refractivity contribution in [2.75, 3.05) is 12.3 Å². The Morgan fingerprint density at radius 1 is 1.47 bits per heavy atom. The molecule has 0 aromatic heterocycles. The number of hydrogen-bond donors (Lipinski definition) is 3. The number of carbonyl (C=O) groups excluding carboxylic acids is 1. The summed E-state index contributed by atoms with van der Waals surface area (Å²) in [6.07, 6.45) is 0. The lowest BCUT2D eigenvalue weighted by Crippen LogP contribution is -2.38. The van der Waals surface area contributed by atoms with Crippen molar-refractivity contribution in [3.8, 4) is 0 Å². The second-order valence-corrected chi connectivity index (χ2v) is 4.49. The van der Waals surface area contributed by atoms with Crippen molar-refractivity contribution < 1.29 is 9.90 Å². The summed E-state index contributed by atoms with van der Waals surface area (Å²) in [6.45, 7) is 5.69. The van der Waals surface area contributed by atoms with Crippen LogP contribution in [0.25, 0.3) is 0 Å². The molecule has 1 rings (SSSR count). The van der Waals surface area contributed by atoms with Gasteiger partial charge in [0.25, 0.3) is 5.91 Å². The molecule has 0 aliphatic carbocycles. The highest BCUT2D eigenvalue weighted by Crippen LogP contribution is 2.13. The first-order valence-corrected chi connectivity index (χ1v) is 5.73. The summed E-state index contributed by atoms with van der Waals surface area (Å²) in [4.78, 5) is 11.9. The van der Waals surface area contributed by atoms with Gasteiger partial charge in [-0.25, -0.2) is 0 Å². The van der Waals surface area contributed by atoms with E-state index in [-0.39, 0.29) is 24.5 Å². The number of anilines is 1. The summed E-state index contributed by atoms with van der Waals surface area (Å²) < 4.78 is 0. The van der Waals surface area contributed by atoms with Gasteiger partial charge in [0.1, 0.15) is 0 Å². The first-order chi connectivity index (χ1) is 7.95. The fraction of sp³-hybridized carbons (Fsp3) is 0.462. The maximum atomic E-state index is 11.9. The number of amides is 1. The van der Waals surface area contributed by atoms with Gasteiger partial charge >= 0.3 is 0 Å². The molecule has 0 aliphatic rings. The molecule has 94 valence electrons. The summed E-state index contributed by atoms with van der Waals surface area (Å²) in [5.41, 5.74) is 7.85. The monoisotopic (exact) mass is 236 g/mol. The summed E-state index contributed by atoms with van der Waals surface area (Å²) in [7, 11) is 0. The molecule has 2 atom stereocenters. The number of nitrogen functional groups attached to an aromatic ring is 1. The molecule has 0 saturated heterocycles. The van der Waals surface area contributed by atoms with E-state index in [1.807, 2.05) is 20.8 Å². The number of aliphatic hydroxyl groups excluding tert-OH is 1. The minimum atomic E-state index is -0.138. The summed E-state index contributed by atoms with van der Waals surface area (Å²) >= 11 is 0. The van der Waals surface area contributed by atoms with E-state index in [1.54, 1.807) is 18.2 Å². The van der Waals surface area contributed by atoms with Crippen LogP contribution in [0.4, 0.5) is 5.69 Å². The molecule has 0 heterocycles. The van der Waals surface area contributed by atoms with Crippen LogP contribution in [0.3, 0.4) is 0 Å². The number of benzene rings is 1. The Hall–Kier alpha value is -1.55. The molecule has 0 aliphatic heterocycles. The van der Waals surface area contributed by atoms with Crippen LogP contribution in [0, 0.1) is 12.8 Å². The summed E-state index contributed by atoms with van der Waals surface area (Å²) in [5, 5.41) is 11.9. The number of hydrogen-bond acceptors (Lipinski definition) is 3. The van der Waals surface area contributed by atoms with Gasteiger partial charge in [0.05, 0.1) is 0 Å². The van der Waals surface area contributed by atoms with Crippen LogP contribution < -0.4 is 11.1 Å². The summed E-state index contributed by atoms with van der Waals surface area (Å²) in [5.74, 6) is -0.102. The average molecular weight is 236 g/mol. The van der Waals surface area contributed by atoms with Gasteiger partial charge in [0.2, 0.25) is 0 Å². The highest BCUT2D eigenvalue weighted by atomic mass is 16.3. The van der Waals surface area contributed by atoms with Gasteiger partial charge in [0.15, 0.2) is 0 Å². The standard InChI is InChI=1S/C13H20N2O2/c1-8-6-11(4-5-12(8)14)13(17)15-10(3)9(2)7-16/h4-6,9-10,16H,7,14H2,1-3H3,(H,15,17). The van der Waals surface area contributed by atoms with Crippen LogP contribution in [-0.4, -0.2) is 23.7 Å². The number of carbonyl (C=O) groups is 1. The summed E-state index contributed by atoms with van der Waals surface area (Å²) in [6, 6.07) is 5.13. The van der Waals surface area contributed by atoms with Crippen molar-refractivity contribution in [2.24, 2.45) is 5.92 Å². The first kappa shape index (κ1) is 13.5. The minimum Gasteiger partial charge on any atom is -0.399 e. The molecule has 1 aromatic carbocycles. The van der Waals surface area contributed by atoms with Gasteiger partial charge in [0, 0.05) is 23.9 Å². The van der Waals surface area contributed by atoms with Crippen LogP contribution in [0.2, 0.25) is 0 Å². The molecule has 17 heavy (non-hydrogen) atoms. The Morgan fingerprint density at radius 2 is 2.12 bits per heavy atom. The van der Waals surface area contributed by atoms with Gasteiger partial charge in [-0.05, 0) is 43.5 Å². The van der Waals surface area contributed by atoms with E-state index in [0.29, 0.717) is 11.3 Å². The predicted octanol–water partition coefficient (Wildman–Crippen LogP) is 1.32. The Labute approximate surface area is 102 Å². The minimum absolute atomic E-state index is 0.0360. The van der Waals surface area contributed by atoms with Crippen molar-refractivity contribution in [3.63, 3.8) is 0 Å². The van der Waals surface area contributed by atoms with Crippen molar-refractivity contribution in [3.05, 3.63) is 29.3 Å². The lowest BCUT2D eigenvalue weighted by molar-refractivity contribution is 0.0916. The molecule has 2 unspecified atom stereocenters.